The van der Waals surface area contributed by atoms with E-state index in [1.807, 2.05) is 0 Å². The van der Waals surface area contributed by atoms with Gasteiger partial charge in [-0.1, -0.05) is 52.0 Å². The lowest BCUT2D eigenvalue weighted by atomic mass is 9.83. The van der Waals surface area contributed by atoms with E-state index in [1.54, 1.807) is 0 Å². The molecule has 0 saturated heterocycles. The van der Waals surface area contributed by atoms with Crippen molar-refractivity contribution in [2.75, 3.05) is 0 Å². The minimum Gasteiger partial charge on any atom is -0.271 e. The van der Waals surface area contributed by atoms with E-state index >= 15 is 0 Å². The highest BCUT2D eigenvalue weighted by Gasteiger charge is 2.23. The largest absolute Gasteiger partial charge is 0.271 e. The van der Waals surface area contributed by atoms with Gasteiger partial charge in [0.1, 0.15) is 0 Å². The number of hydrogen-bond donors (Lipinski definition) is 2. The van der Waals surface area contributed by atoms with Crippen LogP contribution >= 0.6 is 0 Å². The second-order valence-electron chi connectivity index (χ2n) is 5.46. The molecule has 1 aromatic rings. The van der Waals surface area contributed by atoms with Gasteiger partial charge in [0, 0.05) is 6.04 Å². The standard InChI is InChI=1S/C14H24N2/c1-5-11-6-8-12(9-7-11)10-13(16-15)14(2,3)4/h6-9,13,16H,5,10,15H2,1-4H3. The van der Waals surface area contributed by atoms with Crippen molar-refractivity contribution in [3.05, 3.63) is 35.4 Å². The van der Waals surface area contributed by atoms with Crippen molar-refractivity contribution in [2.24, 2.45) is 11.3 Å². The quantitative estimate of drug-likeness (QED) is 0.605. The fourth-order valence-corrected chi connectivity index (χ4v) is 1.76. The lowest BCUT2D eigenvalue weighted by Gasteiger charge is -2.30. The van der Waals surface area contributed by atoms with Gasteiger partial charge >= 0.3 is 0 Å². The maximum absolute atomic E-state index is 5.61. The number of hydrazine groups is 1. The maximum Gasteiger partial charge on any atom is 0.0299 e. The van der Waals surface area contributed by atoms with Gasteiger partial charge in [0.05, 0.1) is 0 Å². The summed E-state index contributed by atoms with van der Waals surface area (Å²) in [6.07, 6.45) is 2.07. The summed E-state index contributed by atoms with van der Waals surface area (Å²) >= 11 is 0. The minimum absolute atomic E-state index is 0.179. The molecular weight excluding hydrogens is 196 g/mol. The first-order chi connectivity index (χ1) is 7.47. The predicted molar refractivity (Wildman–Crippen MR) is 70.1 cm³/mol. The first kappa shape index (κ1) is 13.2. The van der Waals surface area contributed by atoms with Crippen LogP contribution in [0.5, 0.6) is 0 Å². The van der Waals surface area contributed by atoms with E-state index in [0.717, 1.165) is 12.8 Å². The molecule has 1 unspecified atom stereocenters. The number of aryl methyl sites for hydroxylation is 1. The van der Waals surface area contributed by atoms with Gasteiger partial charge in [0.2, 0.25) is 0 Å². The number of nitrogens with one attached hydrogen (secondary N) is 1. The Bertz CT molecular complexity index is 309. The molecule has 0 heterocycles. The Morgan fingerprint density at radius 3 is 2.00 bits per heavy atom. The average Bonchev–Trinajstić information content (AvgIpc) is 2.25. The monoisotopic (exact) mass is 220 g/mol. The van der Waals surface area contributed by atoms with Crippen LogP contribution in [0.15, 0.2) is 24.3 Å². The van der Waals surface area contributed by atoms with E-state index in [0.29, 0.717) is 6.04 Å². The summed E-state index contributed by atoms with van der Waals surface area (Å²) in [6.45, 7) is 8.79. The molecule has 0 spiro atoms. The zero-order valence-corrected chi connectivity index (χ0v) is 10.9. The molecule has 2 nitrogen and oxygen atoms in total. The van der Waals surface area contributed by atoms with E-state index < -0.39 is 0 Å². The third-order valence-corrected chi connectivity index (χ3v) is 3.12. The summed E-state index contributed by atoms with van der Waals surface area (Å²) in [6, 6.07) is 9.11. The number of nitrogens with two attached hydrogens (primary N) is 1. The van der Waals surface area contributed by atoms with Crippen molar-refractivity contribution >= 4 is 0 Å². The van der Waals surface area contributed by atoms with E-state index in [9.17, 15) is 0 Å². The molecule has 0 bridgehead atoms. The molecule has 0 amide bonds. The third-order valence-electron chi connectivity index (χ3n) is 3.12. The Morgan fingerprint density at radius 1 is 1.12 bits per heavy atom. The van der Waals surface area contributed by atoms with E-state index in [2.05, 4.69) is 57.4 Å². The van der Waals surface area contributed by atoms with Gasteiger partial charge in [-0.25, -0.2) is 0 Å². The first-order valence-corrected chi connectivity index (χ1v) is 6.01. The van der Waals surface area contributed by atoms with Crippen molar-refractivity contribution in [3.8, 4) is 0 Å². The van der Waals surface area contributed by atoms with Gasteiger partial charge in [-0.05, 0) is 29.4 Å². The van der Waals surface area contributed by atoms with Crippen molar-refractivity contribution < 1.29 is 0 Å². The van der Waals surface area contributed by atoms with Crippen LogP contribution in [-0.2, 0) is 12.8 Å². The summed E-state index contributed by atoms with van der Waals surface area (Å²) < 4.78 is 0. The molecule has 1 rings (SSSR count). The molecule has 0 aromatic heterocycles. The zero-order chi connectivity index (χ0) is 12.2. The molecule has 0 aliphatic heterocycles. The van der Waals surface area contributed by atoms with Crippen LogP contribution in [0.2, 0.25) is 0 Å². The molecule has 2 heteroatoms. The van der Waals surface area contributed by atoms with Crippen LogP contribution in [0.25, 0.3) is 0 Å². The SMILES string of the molecule is CCc1ccc(CC(NN)C(C)(C)C)cc1. The molecule has 1 aromatic carbocycles. The van der Waals surface area contributed by atoms with Gasteiger partial charge < -0.3 is 0 Å². The smallest absolute Gasteiger partial charge is 0.0299 e. The number of rotatable bonds is 4. The lowest BCUT2D eigenvalue weighted by molar-refractivity contribution is 0.269. The summed E-state index contributed by atoms with van der Waals surface area (Å²) in [4.78, 5) is 0. The van der Waals surface area contributed by atoms with Crippen molar-refractivity contribution in [3.63, 3.8) is 0 Å². The summed E-state index contributed by atoms with van der Waals surface area (Å²) in [5.41, 5.74) is 5.83. The van der Waals surface area contributed by atoms with Gasteiger partial charge in [0.15, 0.2) is 0 Å². The average molecular weight is 220 g/mol. The fourth-order valence-electron chi connectivity index (χ4n) is 1.76. The Kier molecular flexibility index (Phi) is 4.51. The molecule has 0 saturated carbocycles. The number of benzene rings is 1. The maximum atomic E-state index is 5.61. The second-order valence-corrected chi connectivity index (χ2v) is 5.46. The first-order valence-electron chi connectivity index (χ1n) is 6.01. The van der Waals surface area contributed by atoms with Crippen LogP contribution in [0.1, 0.15) is 38.8 Å². The Hall–Kier alpha value is -0.860. The van der Waals surface area contributed by atoms with E-state index in [4.69, 9.17) is 5.84 Å². The molecule has 0 aliphatic rings. The van der Waals surface area contributed by atoms with Gasteiger partial charge in [-0.2, -0.15) is 0 Å². The van der Waals surface area contributed by atoms with Crippen LogP contribution < -0.4 is 11.3 Å². The van der Waals surface area contributed by atoms with Crippen molar-refractivity contribution in [1.29, 1.82) is 0 Å². The molecule has 0 fully saturated rings. The lowest BCUT2D eigenvalue weighted by Crippen LogP contribution is -2.45. The molecule has 90 valence electrons. The van der Waals surface area contributed by atoms with Crippen LogP contribution in [0.3, 0.4) is 0 Å². The Morgan fingerprint density at radius 2 is 1.62 bits per heavy atom. The molecule has 1 atom stereocenters. The molecule has 0 radical (unpaired) electrons. The van der Waals surface area contributed by atoms with Crippen LogP contribution in [0, 0.1) is 5.41 Å². The summed E-state index contributed by atoms with van der Waals surface area (Å²) in [5, 5.41) is 0. The summed E-state index contributed by atoms with van der Waals surface area (Å²) in [5.74, 6) is 5.61. The van der Waals surface area contributed by atoms with E-state index in [-0.39, 0.29) is 5.41 Å². The summed E-state index contributed by atoms with van der Waals surface area (Å²) in [7, 11) is 0. The highest BCUT2D eigenvalue weighted by Crippen LogP contribution is 2.22. The fraction of sp³-hybridized carbons (Fsp3) is 0.571. The highest BCUT2D eigenvalue weighted by atomic mass is 15.2. The third kappa shape index (κ3) is 3.62. The number of hydrogen-bond acceptors (Lipinski definition) is 2. The molecular formula is C14H24N2. The van der Waals surface area contributed by atoms with E-state index in [1.165, 1.54) is 11.1 Å². The van der Waals surface area contributed by atoms with Crippen LogP contribution in [-0.4, -0.2) is 6.04 Å². The predicted octanol–water partition coefficient (Wildman–Crippen LogP) is 2.67. The normalized spacial score (nSPS) is 13.8. The minimum atomic E-state index is 0.179. The molecule has 0 aliphatic carbocycles. The van der Waals surface area contributed by atoms with Gasteiger partial charge in [-0.3, -0.25) is 11.3 Å². The zero-order valence-electron chi connectivity index (χ0n) is 10.9. The molecule has 16 heavy (non-hydrogen) atoms. The Balaban J connectivity index is 2.71. The van der Waals surface area contributed by atoms with Crippen molar-refractivity contribution in [2.45, 2.75) is 46.6 Å². The van der Waals surface area contributed by atoms with Gasteiger partial charge in [0.25, 0.3) is 0 Å². The van der Waals surface area contributed by atoms with Crippen LogP contribution in [0.4, 0.5) is 0 Å². The van der Waals surface area contributed by atoms with Crippen molar-refractivity contribution in [1.82, 2.24) is 5.43 Å². The van der Waals surface area contributed by atoms with Gasteiger partial charge in [-0.15, -0.1) is 0 Å². The highest BCUT2D eigenvalue weighted by molar-refractivity contribution is 5.23. The molecule has 3 N–H and O–H groups in total. The Labute approximate surface area is 99.2 Å². The second kappa shape index (κ2) is 5.46. The topological polar surface area (TPSA) is 38.0 Å².